The molecule has 7 nitrogen and oxygen atoms in total. The number of aromatic nitrogens is 3. The molecular weight excluding hydrogens is 298 g/mol. The van der Waals surface area contributed by atoms with E-state index in [1.54, 1.807) is 25.1 Å². The van der Waals surface area contributed by atoms with Crippen LogP contribution in [-0.2, 0) is 0 Å². The summed E-state index contributed by atoms with van der Waals surface area (Å²) in [5, 5.41) is 19.7. The zero-order valence-electron chi connectivity index (χ0n) is 12.6. The highest BCUT2D eigenvalue weighted by Crippen LogP contribution is 2.37. The smallest absolute Gasteiger partial charge is 0.338 e. The topological polar surface area (TPSA) is 108 Å². The summed E-state index contributed by atoms with van der Waals surface area (Å²) in [5.74, 6) is -0.283. The number of hydrogen-bond donors (Lipinski definition) is 3. The van der Waals surface area contributed by atoms with Gasteiger partial charge >= 0.3 is 5.97 Å². The van der Waals surface area contributed by atoms with Gasteiger partial charge in [-0.05, 0) is 32.0 Å². The van der Waals surface area contributed by atoms with Crippen LogP contribution in [0.25, 0.3) is 22.4 Å². The Morgan fingerprint density at radius 2 is 2.13 bits per heavy atom. The van der Waals surface area contributed by atoms with Crippen molar-refractivity contribution in [2.45, 2.75) is 13.8 Å². The number of phenols is 1. The van der Waals surface area contributed by atoms with Gasteiger partial charge in [-0.1, -0.05) is 6.07 Å². The van der Waals surface area contributed by atoms with Gasteiger partial charge in [-0.3, -0.25) is 0 Å². The van der Waals surface area contributed by atoms with Gasteiger partial charge < -0.3 is 19.9 Å². The number of rotatable bonds is 4. The maximum Gasteiger partial charge on any atom is 0.338 e. The molecule has 0 aliphatic heterocycles. The van der Waals surface area contributed by atoms with Crippen molar-refractivity contribution in [3.8, 4) is 22.8 Å². The zero-order chi connectivity index (χ0) is 16.6. The summed E-state index contributed by atoms with van der Waals surface area (Å²) in [7, 11) is 0. The van der Waals surface area contributed by atoms with Crippen LogP contribution in [0.2, 0.25) is 0 Å². The normalized spacial score (nSPS) is 10.9. The summed E-state index contributed by atoms with van der Waals surface area (Å²) in [4.78, 5) is 22.9. The Hall–Kier alpha value is -3.09. The van der Waals surface area contributed by atoms with E-state index in [-0.39, 0.29) is 11.3 Å². The molecule has 0 fully saturated rings. The second-order valence-corrected chi connectivity index (χ2v) is 4.97. The van der Waals surface area contributed by atoms with Crippen LogP contribution in [0.5, 0.6) is 11.5 Å². The number of hydrogen-bond acceptors (Lipinski definition) is 5. The zero-order valence-corrected chi connectivity index (χ0v) is 12.6. The van der Waals surface area contributed by atoms with Crippen molar-refractivity contribution in [1.82, 2.24) is 15.0 Å². The first-order valence-corrected chi connectivity index (χ1v) is 7.07. The molecule has 0 saturated heterocycles. The first-order chi connectivity index (χ1) is 11.0. The number of aryl methyl sites for hydroxylation is 1. The molecule has 3 aromatic rings. The Labute approximate surface area is 131 Å². The molecule has 0 atom stereocenters. The third-order valence-corrected chi connectivity index (χ3v) is 3.39. The standard InChI is InChI=1S/C16H15N3O4/c1-3-23-12-6-4-5-9(14(12)20)11-7-10(16(21)22)13-15(19-11)18-8(2)17-13/h4-7,20H,3H2,1-2H3,(H,21,22)(H,17,18,19). The van der Waals surface area contributed by atoms with E-state index in [9.17, 15) is 15.0 Å². The number of nitrogens with one attached hydrogen (secondary N) is 1. The average Bonchev–Trinajstić information content (AvgIpc) is 2.88. The number of H-pyrrole nitrogens is 1. The summed E-state index contributed by atoms with van der Waals surface area (Å²) >= 11 is 0. The lowest BCUT2D eigenvalue weighted by Crippen LogP contribution is -2.00. The van der Waals surface area contributed by atoms with E-state index in [0.29, 0.717) is 40.6 Å². The number of benzene rings is 1. The van der Waals surface area contributed by atoms with Gasteiger partial charge in [0.2, 0.25) is 0 Å². The number of carboxylic acid groups (broad SMARTS) is 1. The molecule has 1 aromatic carbocycles. The molecule has 0 unspecified atom stereocenters. The molecule has 0 saturated carbocycles. The van der Waals surface area contributed by atoms with E-state index in [1.807, 2.05) is 6.92 Å². The minimum absolute atomic E-state index is 0.0480. The molecule has 7 heteroatoms. The number of carboxylic acids is 1. The second-order valence-electron chi connectivity index (χ2n) is 4.97. The van der Waals surface area contributed by atoms with Gasteiger partial charge in [-0.25, -0.2) is 14.8 Å². The van der Waals surface area contributed by atoms with E-state index in [1.165, 1.54) is 6.07 Å². The fourth-order valence-electron chi connectivity index (χ4n) is 2.41. The molecule has 0 aliphatic rings. The number of aromatic carboxylic acids is 1. The van der Waals surface area contributed by atoms with Gasteiger partial charge in [0, 0.05) is 5.56 Å². The number of imidazole rings is 1. The van der Waals surface area contributed by atoms with Gasteiger partial charge in [0.05, 0.1) is 23.4 Å². The van der Waals surface area contributed by atoms with E-state index >= 15 is 0 Å². The van der Waals surface area contributed by atoms with Crippen LogP contribution in [-0.4, -0.2) is 37.7 Å². The molecule has 0 aliphatic carbocycles. The number of ether oxygens (including phenoxy) is 1. The third-order valence-electron chi connectivity index (χ3n) is 3.39. The molecule has 0 bridgehead atoms. The fourth-order valence-corrected chi connectivity index (χ4v) is 2.41. The number of nitrogens with zero attached hydrogens (tertiary/aromatic N) is 2. The first-order valence-electron chi connectivity index (χ1n) is 7.07. The van der Waals surface area contributed by atoms with Crippen molar-refractivity contribution in [1.29, 1.82) is 0 Å². The summed E-state index contributed by atoms with van der Waals surface area (Å²) < 4.78 is 5.35. The van der Waals surface area contributed by atoms with E-state index < -0.39 is 5.97 Å². The largest absolute Gasteiger partial charge is 0.504 e. The van der Waals surface area contributed by atoms with Crippen LogP contribution in [0.3, 0.4) is 0 Å². The minimum Gasteiger partial charge on any atom is -0.504 e. The molecule has 0 amide bonds. The molecule has 118 valence electrons. The summed E-state index contributed by atoms with van der Waals surface area (Å²) in [6.07, 6.45) is 0. The lowest BCUT2D eigenvalue weighted by molar-refractivity contribution is 0.0699. The molecule has 23 heavy (non-hydrogen) atoms. The van der Waals surface area contributed by atoms with Gasteiger partial charge in [-0.15, -0.1) is 0 Å². The van der Waals surface area contributed by atoms with Crippen molar-refractivity contribution in [2.24, 2.45) is 0 Å². The van der Waals surface area contributed by atoms with E-state index in [4.69, 9.17) is 4.74 Å². The number of aromatic hydroxyl groups is 1. The fraction of sp³-hybridized carbons (Fsp3) is 0.188. The summed E-state index contributed by atoms with van der Waals surface area (Å²) in [6.45, 7) is 3.94. The number of pyridine rings is 1. The van der Waals surface area contributed by atoms with E-state index in [2.05, 4.69) is 15.0 Å². The molecule has 0 radical (unpaired) electrons. The van der Waals surface area contributed by atoms with Crippen molar-refractivity contribution in [3.63, 3.8) is 0 Å². The highest BCUT2D eigenvalue weighted by Gasteiger charge is 2.18. The van der Waals surface area contributed by atoms with Gasteiger partial charge in [-0.2, -0.15) is 0 Å². The number of aromatic amines is 1. The Morgan fingerprint density at radius 1 is 1.35 bits per heavy atom. The number of para-hydroxylation sites is 1. The Bertz CT molecular complexity index is 902. The molecule has 2 aromatic heterocycles. The number of phenolic OH excluding ortho intramolecular Hbond substituents is 1. The summed E-state index contributed by atoms with van der Waals surface area (Å²) in [6, 6.07) is 6.41. The van der Waals surface area contributed by atoms with Crippen LogP contribution in [0.15, 0.2) is 24.3 Å². The quantitative estimate of drug-likeness (QED) is 0.683. The maximum absolute atomic E-state index is 11.5. The minimum atomic E-state index is -1.09. The Balaban J connectivity index is 2.24. The van der Waals surface area contributed by atoms with Crippen LogP contribution < -0.4 is 4.74 Å². The Morgan fingerprint density at radius 3 is 2.83 bits per heavy atom. The predicted octanol–water partition coefficient (Wildman–Crippen LogP) is 2.74. The highest BCUT2D eigenvalue weighted by atomic mass is 16.5. The predicted molar refractivity (Wildman–Crippen MR) is 83.9 cm³/mol. The SMILES string of the molecule is CCOc1cccc(-c2cc(C(=O)O)c3[nH]c(C)nc3n2)c1O. The monoisotopic (exact) mass is 313 g/mol. The number of carbonyl (C=O) groups is 1. The number of fused-ring (bicyclic) bond motifs is 1. The third kappa shape index (κ3) is 2.57. The summed E-state index contributed by atoms with van der Waals surface area (Å²) in [5.41, 5.74) is 1.41. The van der Waals surface area contributed by atoms with Crippen molar-refractivity contribution in [2.75, 3.05) is 6.61 Å². The molecule has 0 spiro atoms. The van der Waals surface area contributed by atoms with Crippen molar-refractivity contribution >= 4 is 17.1 Å². The van der Waals surface area contributed by atoms with Crippen LogP contribution in [0.4, 0.5) is 0 Å². The Kier molecular flexibility index (Phi) is 3.61. The lowest BCUT2D eigenvalue weighted by atomic mass is 10.1. The van der Waals surface area contributed by atoms with Crippen LogP contribution in [0, 0.1) is 6.92 Å². The van der Waals surface area contributed by atoms with Crippen LogP contribution in [0.1, 0.15) is 23.1 Å². The lowest BCUT2D eigenvalue weighted by Gasteiger charge is -2.10. The maximum atomic E-state index is 11.5. The first kappa shape index (κ1) is 14.8. The molecule has 3 rings (SSSR count). The van der Waals surface area contributed by atoms with Crippen LogP contribution >= 0.6 is 0 Å². The van der Waals surface area contributed by atoms with E-state index in [0.717, 1.165) is 0 Å². The molecule has 2 heterocycles. The second kappa shape index (κ2) is 5.60. The average molecular weight is 313 g/mol. The van der Waals surface area contributed by atoms with Gasteiger partial charge in [0.1, 0.15) is 5.82 Å². The van der Waals surface area contributed by atoms with Gasteiger partial charge in [0.15, 0.2) is 17.1 Å². The molecular formula is C16H15N3O4. The molecule has 3 N–H and O–H groups in total. The highest BCUT2D eigenvalue weighted by molar-refractivity contribution is 6.01. The van der Waals surface area contributed by atoms with Crippen molar-refractivity contribution < 1.29 is 19.7 Å². The van der Waals surface area contributed by atoms with Crippen molar-refractivity contribution in [3.05, 3.63) is 35.7 Å². The van der Waals surface area contributed by atoms with Gasteiger partial charge in [0.25, 0.3) is 0 Å².